The number of rotatable bonds is 3. The Labute approximate surface area is 170 Å². The molecule has 2 saturated heterocycles. The molecule has 0 aromatic heterocycles. The quantitative estimate of drug-likeness (QED) is 0.730. The number of carbonyl (C=O) groups is 3. The maximum atomic E-state index is 13.4. The van der Waals surface area contributed by atoms with Gasteiger partial charge in [-0.05, 0) is 43.2 Å². The SMILES string of the molecule is CN(C(=O)CN1C(=O)N[C@]2(CCCCc3ccccc32)C1=O)[C@@H]1CCS(=O)(=O)C1. The lowest BCUT2D eigenvalue weighted by Gasteiger charge is -2.28. The molecule has 4 amide bonds. The smallest absolute Gasteiger partial charge is 0.325 e. The topological polar surface area (TPSA) is 104 Å². The molecule has 0 radical (unpaired) electrons. The van der Waals surface area contributed by atoms with Crippen molar-refractivity contribution in [3.63, 3.8) is 0 Å². The minimum atomic E-state index is -3.14. The maximum Gasteiger partial charge on any atom is 0.325 e. The van der Waals surface area contributed by atoms with Crippen molar-refractivity contribution in [2.24, 2.45) is 0 Å². The third-order valence-corrected chi connectivity index (χ3v) is 8.09. The van der Waals surface area contributed by atoms with Gasteiger partial charge in [-0.15, -0.1) is 0 Å². The number of nitrogens with zero attached hydrogens (tertiary/aromatic N) is 2. The second kappa shape index (κ2) is 7.12. The fourth-order valence-electron chi connectivity index (χ4n) is 4.65. The predicted octanol–water partition coefficient (Wildman–Crippen LogP) is 0.806. The molecule has 29 heavy (non-hydrogen) atoms. The number of urea groups is 1. The van der Waals surface area contributed by atoms with Crippen molar-refractivity contribution in [2.45, 2.75) is 43.7 Å². The fourth-order valence-corrected chi connectivity index (χ4v) is 6.42. The Hall–Kier alpha value is -2.42. The molecule has 9 heteroatoms. The molecular formula is C20H25N3O5S. The van der Waals surface area contributed by atoms with Crippen LogP contribution in [0.15, 0.2) is 24.3 Å². The number of carbonyl (C=O) groups excluding carboxylic acids is 3. The molecule has 2 aliphatic heterocycles. The van der Waals surface area contributed by atoms with Gasteiger partial charge in [0, 0.05) is 13.1 Å². The van der Waals surface area contributed by atoms with Gasteiger partial charge in [0.1, 0.15) is 12.1 Å². The first-order valence-electron chi connectivity index (χ1n) is 9.92. The van der Waals surface area contributed by atoms with Gasteiger partial charge >= 0.3 is 6.03 Å². The first kappa shape index (κ1) is 19.9. The molecular weight excluding hydrogens is 394 g/mol. The summed E-state index contributed by atoms with van der Waals surface area (Å²) in [6, 6.07) is 6.63. The Morgan fingerprint density at radius 1 is 1.28 bits per heavy atom. The number of fused-ring (bicyclic) bond motifs is 2. The van der Waals surface area contributed by atoms with Gasteiger partial charge < -0.3 is 10.2 Å². The number of sulfone groups is 1. The van der Waals surface area contributed by atoms with Gasteiger partial charge in [-0.25, -0.2) is 13.2 Å². The van der Waals surface area contributed by atoms with Gasteiger partial charge in [0.25, 0.3) is 5.91 Å². The van der Waals surface area contributed by atoms with E-state index in [9.17, 15) is 22.8 Å². The highest BCUT2D eigenvalue weighted by Crippen LogP contribution is 2.39. The summed E-state index contributed by atoms with van der Waals surface area (Å²) in [5.74, 6) is -0.863. The van der Waals surface area contributed by atoms with E-state index < -0.39 is 39.3 Å². The molecule has 4 rings (SSSR count). The fraction of sp³-hybridized carbons (Fsp3) is 0.550. The molecule has 1 aromatic carbocycles. The van der Waals surface area contributed by atoms with E-state index in [2.05, 4.69) is 5.32 Å². The van der Waals surface area contributed by atoms with Crippen molar-refractivity contribution in [3.05, 3.63) is 35.4 Å². The summed E-state index contributed by atoms with van der Waals surface area (Å²) >= 11 is 0. The molecule has 2 heterocycles. The maximum absolute atomic E-state index is 13.4. The summed E-state index contributed by atoms with van der Waals surface area (Å²) in [6.45, 7) is -0.387. The van der Waals surface area contributed by atoms with Gasteiger partial charge in [-0.1, -0.05) is 24.3 Å². The van der Waals surface area contributed by atoms with Crippen LogP contribution in [-0.2, 0) is 31.4 Å². The van der Waals surface area contributed by atoms with E-state index >= 15 is 0 Å². The highest BCUT2D eigenvalue weighted by Gasteiger charge is 2.53. The standard InChI is InChI=1S/C20H25N3O5S/c1-22(15-9-11-29(27,28)13-15)17(24)12-23-18(25)20(21-19(23)26)10-5-4-7-14-6-2-3-8-16(14)20/h2-3,6,8,15H,4-5,7,9-13H2,1H3,(H,21,26)/t15-,20+/m1/s1. The van der Waals surface area contributed by atoms with E-state index in [0.717, 1.165) is 35.3 Å². The van der Waals surface area contributed by atoms with Crippen molar-refractivity contribution in [2.75, 3.05) is 25.1 Å². The number of amides is 4. The highest BCUT2D eigenvalue weighted by atomic mass is 32.2. The van der Waals surface area contributed by atoms with E-state index in [0.29, 0.717) is 12.8 Å². The lowest BCUT2D eigenvalue weighted by Crippen LogP contribution is -2.47. The number of likely N-dealkylation sites (N-methyl/N-ethyl adjacent to an activating group) is 1. The average Bonchev–Trinajstić information content (AvgIpc) is 3.08. The van der Waals surface area contributed by atoms with Crippen LogP contribution in [-0.4, -0.2) is 67.2 Å². The third-order valence-electron chi connectivity index (χ3n) is 6.34. The van der Waals surface area contributed by atoms with Crippen LogP contribution in [0, 0.1) is 0 Å². The molecule has 0 saturated carbocycles. The van der Waals surface area contributed by atoms with Crippen molar-refractivity contribution in [1.29, 1.82) is 0 Å². The molecule has 1 aromatic rings. The van der Waals surface area contributed by atoms with E-state index in [1.54, 1.807) is 0 Å². The van der Waals surface area contributed by atoms with Gasteiger partial charge in [0.05, 0.1) is 11.5 Å². The van der Waals surface area contributed by atoms with Crippen molar-refractivity contribution in [3.8, 4) is 0 Å². The van der Waals surface area contributed by atoms with Crippen LogP contribution in [0.1, 0.15) is 36.8 Å². The third kappa shape index (κ3) is 3.41. The van der Waals surface area contributed by atoms with Crippen LogP contribution in [0.3, 0.4) is 0 Å². The molecule has 0 bridgehead atoms. The lowest BCUT2D eigenvalue weighted by molar-refractivity contribution is -0.139. The number of hydrogen-bond acceptors (Lipinski definition) is 5. The monoisotopic (exact) mass is 419 g/mol. The zero-order chi connectivity index (χ0) is 20.8. The highest BCUT2D eigenvalue weighted by molar-refractivity contribution is 7.91. The molecule has 8 nitrogen and oxygen atoms in total. The van der Waals surface area contributed by atoms with Crippen LogP contribution >= 0.6 is 0 Å². The minimum Gasteiger partial charge on any atom is -0.340 e. The second-order valence-corrected chi connectivity index (χ2v) is 10.4. The Morgan fingerprint density at radius 3 is 2.76 bits per heavy atom. The van der Waals surface area contributed by atoms with Crippen LogP contribution < -0.4 is 5.32 Å². The van der Waals surface area contributed by atoms with E-state index in [1.165, 1.54) is 11.9 Å². The summed E-state index contributed by atoms with van der Waals surface area (Å²) in [7, 11) is -1.61. The summed E-state index contributed by atoms with van der Waals surface area (Å²) in [6.07, 6.45) is 3.44. The lowest BCUT2D eigenvalue weighted by atomic mass is 9.84. The van der Waals surface area contributed by atoms with Crippen molar-refractivity contribution in [1.82, 2.24) is 15.1 Å². The van der Waals surface area contributed by atoms with Crippen molar-refractivity contribution >= 4 is 27.7 Å². The minimum absolute atomic E-state index is 0.0539. The van der Waals surface area contributed by atoms with Crippen LogP contribution in [0.2, 0.25) is 0 Å². The zero-order valence-electron chi connectivity index (χ0n) is 16.4. The van der Waals surface area contributed by atoms with Crippen LogP contribution in [0.25, 0.3) is 0 Å². The van der Waals surface area contributed by atoms with E-state index in [4.69, 9.17) is 0 Å². The Morgan fingerprint density at radius 2 is 2.03 bits per heavy atom. The summed E-state index contributed by atoms with van der Waals surface area (Å²) < 4.78 is 23.4. The second-order valence-electron chi connectivity index (χ2n) is 8.15. The Kier molecular flexibility index (Phi) is 4.88. The number of nitrogens with one attached hydrogen (secondary N) is 1. The molecule has 156 valence electrons. The summed E-state index contributed by atoms with van der Waals surface area (Å²) in [5, 5.41) is 2.86. The first-order chi connectivity index (χ1) is 13.7. The van der Waals surface area contributed by atoms with E-state index in [-0.39, 0.29) is 18.1 Å². The largest absolute Gasteiger partial charge is 0.340 e. The van der Waals surface area contributed by atoms with Crippen LogP contribution in [0.5, 0.6) is 0 Å². The van der Waals surface area contributed by atoms with Gasteiger partial charge in [-0.3, -0.25) is 14.5 Å². The molecule has 2 atom stereocenters. The van der Waals surface area contributed by atoms with Crippen molar-refractivity contribution < 1.29 is 22.8 Å². The Balaban J connectivity index is 1.56. The van der Waals surface area contributed by atoms with E-state index in [1.807, 2.05) is 24.3 Å². The molecule has 3 aliphatic rings. The molecule has 1 N–H and O–H groups in total. The average molecular weight is 420 g/mol. The summed E-state index contributed by atoms with van der Waals surface area (Å²) in [4.78, 5) is 41.1. The Bertz CT molecular complexity index is 976. The first-order valence-corrected chi connectivity index (χ1v) is 11.7. The molecule has 1 spiro atoms. The van der Waals surface area contributed by atoms with Gasteiger partial charge in [0.2, 0.25) is 5.91 Å². The molecule has 1 aliphatic carbocycles. The number of imide groups is 1. The van der Waals surface area contributed by atoms with Gasteiger partial charge in [-0.2, -0.15) is 0 Å². The number of hydrogen-bond donors (Lipinski definition) is 1. The predicted molar refractivity (Wildman–Crippen MR) is 106 cm³/mol. The summed E-state index contributed by atoms with van der Waals surface area (Å²) in [5.41, 5.74) is 0.723. The number of aryl methyl sites for hydroxylation is 1. The normalized spacial score (nSPS) is 28.2. The van der Waals surface area contributed by atoms with Gasteiger partial charge in [0.15, 0.2) is 9.84 Å². The van der Waals surface area contributed by atoms with Crippen LogP contribution in [0.4, 0.5) is 4.79 Å². The number of benzene rings is 1. The zero-order valence-corrected chi connectivity index (χ0v) is 17.2. The molecule has 2 fully saturated rings. The molecule has 0 unspecified atom stereocenters.